The van der Waals surface area contributed by atoms with Crippen LogP contribution in [0.3, 0.4) is 0 Å². The van der Waals surface area contributed by atoms with E-state index in [1.54, 1.807) is 6.20 Å². The van der Waals surface area contributed by atoms with E-state index in [0.29, 0.717) is 17.7 Å². The number of rotatable bonds is 4. The first kappa shape index (κ1) is 13.9. The number of hydrogen-bond acceptors (Lipinski definition) is 2. The fraction of sp³-hybridized carbons (Fsp3) is 0.312. The largest absolute Gasteiger partial charge is 0.439 e. The highest BCUT2D eigenvalue weighted by Gasteiger charge is 2.10. The number of aryl methyl sites for hydroxylation is 1. The highest BCUT2D eigenvalue weighted by molar-refractivity contribution is 6.17. The van der Waals surface area contributed by atoms with Crippen LogP contribution in [0.5, 0.6) is 11.6 Å². The third-order valence-corrected chi connectivity index (χ3v) is 3.27. The Balaban J connectivity index is 2.33. The normalized spacial score (nSPS) is 10.8. The van der Waals surface area contributed by atoms with Crippen LogP contribution < -0.4 is 4.74 Å². The van der Waals surface area contributed by atoms with Gasteiger partial charge in [0.05, 0.1) is 0 Å². The van der Waals surface area contributed by atoms with Crippen LogP contribution in [-0.4, -0.2) is 4.98 Å². The van der Waals surface area contributed by atoms with Gasteiger partial charge in [-0.05, 0) is 41.7 Å². The molecule has 0 spiro atoms. The molecule has 0 unspecified atom stereocenters. The van der Waals surface area contributed by atoms with Gasteiger partial charge in [0.1, 0.15) is 5.75 Å². The third kappa shape index (κ3) is 3.48. The van der Waals surface area contributed by atoms with Crippen LogP contribution in [0.1, 0.15) is 36.5 Å². The Morgan fingerprint density at radius 2 is 2.00 bits per heavy atom. The monoisotopic (exact) mass is 275 g/mol. The van der Waals surface area contributed by atoms with Gasteiger partial charge in [-0.15, -0.1) is 11.6 Å². The molecule has 1 aromatic heterocycles. The molecule has 0 fully saturated rings. The smallest absolute Gasteiger partial charge is 0.219 e. The van der Waals surface area contributed by atoms with Crippen molar-refractivity contribution in [3.05, 3.63) is 53.2 Å². The van der Waals surface area contributed by atoms with Gasteiger partial charge in [-0.25, -0.2) is 4.98 Å². The Morgan fingerprint density at radius 3 is 2.68 bits per heavy atom. The van der Waals surface area contributed by atoms with Crippen LogP contribution in [0.15, 0.2) is 36.5 Å². The number of alkyl halides is 1. The van der Waals surface area contributed by atoms with Crippen molar-refractivity contribution < 1.29 is 4.74 Å². The third-order valence-electron chi connectivity index (χ3n) is 2.96. The highest BCUT2D eigenvalue weighted by Crippen LogP contribution is 2.31. The Bertz CT molecular complexity index is 566. The number of nitrogens with zero attached hydrogens (tertiary/aromatic N) is 1. The molecule has 19 heavy (non-hydrogen) atoms. The second-order valence-corrected chi connectivity index (χ2v) is 5.20. The molecule has 0 N–H and O–H groups in total. The predicted molar refractivity (Wildman–Crippen MR) is 79.1 cm³/mol. The van der Waals surface area contributed by atoms with Crippen molar-refractivity contribution in [1.82, 2.24) is 4.98 Å². The summed E-state index contributed by atoms with van der Waals surface area (Å²) in [6.45, 7) is 6.36. The van der Waals surface area contributed by atoms with E-state index in [4.69, 9.17) is 16.3 Å². The lowest BCUT2D eigenvalue weighted by Crippen LogP contribution is -1.96. The maximum atomic E-state index is 5.92. The number of aromatic nitrogens is 1. The molecule has 2 aromatic rings. The summed E-state index contributed by atoms with van der Waals surface area (Å²) in [4.78, 5) is 4.23. The van der Waals surface area contributed by atoms with E-state index in [1.165, 1.54) is 11.1 Å². The lowest BCUT2D eigenvalue weighted by atomic mass is 10.0. The van der Waals surface area contributed by atoms with Crippen LogP contribution in [0.4, 0.5) is 0 Å². The minimum Gasteiger partial charge on any atom is -0.439 e. The summed E-state index contributed by atoms with van der Waals surface area (Å²) in [6.07, 6.45) is 1.72. The van der Waals surface area contributed by atoms with E-state index in [1.807, 2.05) is 18.2 Å². The first-order valence-corrected chi connectivity index (χ1v) is 6.93. The first-order chi connectivity index (χ1) is 9.10. The molecule has 0 saturated carbocycles. The van der Waals surface area contributed by atoms with Gasteiger partial charge >= 0.3 is 0 Å². The summed E-state index contributed by atoms with van der Waals surface area (Å²) >= 11 is 5.83. The summed E-state index contributed by atoms with van der Waals surface area (Å²) in [5.74, 6) is 2.33. The van der Waals surface area contributed by atoms with Crippen LogP contribution >= 0.6 is 11.6 Å². The van der Waals surface area contributed by atoms with Gasteiger partial charge < -0.3 is 4.74 Å². The van der Waals surface area contributed by atoms with Gasteiger partial charge in [0.2, 0.25) is 5.88 Å². The summed E-state index contributed by atoms with van der Waals surface area (Å²) in [7, 11) is 0. The van der Waals surface area contributed by atoms with Gasteiger partial charge in [0, 0.05) is 18.1 Å². The van der Waals surface area contributed by atoms with Crippen molar-refractivity contribution in [3.8, 4) is 11.6 Å². The van der Waals surface area contributed by atoms with Crippen molar-refractivity contribution in [2.45, 2.75) is 32.6 Å². The maximum Gasteiger partial charge on any atom is 0.219 e. The maximum absolute atomic E-state index is 5.92. The van der Waals surface area contributed by atoms with Crippen molar-refractivity contribution in [1.29, 1.82) is 0 Å². The van der Waals surface area contributed by atoms with Crippen LogP contribution in [0, 0.1) is 6.92 Å². The molecule has 1 heterocycles. The summed E-state index contributed by atoms with van der Waals surface area (Å²) in [5.41, 5.74) is 3.36. The van der Waals surface area contributed by atoms with Gasteiger partial charge in [0.25, 0.3) is 0 Å². The van der Waals surface area contributed by atoms with E-state index >= 15 is 0 Å². The van der Waals surface area contributed by atoms with E-state index in [9.17, 15) is 0 Å². The Hall–Kier alpha value is -1.54. The van der Waals surface area contributed by atoms with Crippen LogP contribution in [0.25, 0.3) is 0 Å². The zero-order valence-electron chi connectivity index (χ0n) is 11.5. The Labute approximate surface area is 119 Å². The standard InChI is InChI=1S/C16H18ClNO/c1-11(2)14-5-4-12(3)8-15(14)19-16-9-13(10-17)6-7-18-16/h4-9,11H,10H2,1-3H3. The number of halogens is 1. The quantitative estimate of drug-likeness (QED) is 0.729. The average Bonchev–Trinajstić information content (AvgIpc) is 2.38. The number of pyridine rings is 1. The molecule has 0 aliphatic carbocycles. The Morgan fingerprint density at radius 1 is 1.21 bits per heavy atom. The zero-order chi connectivity index (χ0) is 13.8. The molecule has 0 bridgehead atoms. The van der Waals surface area contributed by atoms with Gasteiger partial charge in [-0.2, -0.15) is 0 Å². The zero-order valence-corrected chi connectivity index (χ0v) is 12.2. The fourth-order valence-corrected chi connectivity index (χ4v) is 2.08. The van der Waals surface area contributed by atoms with Crippen molar-refractivity contribution in [2.75, 3.05) is 0 Å². The molecule has 2 nitrogen and oxygen atoms in total. The molecule has 0 radical (unpaired) electrons. The average molecular weight is 276 g/mol. The summed E-state index contributed by atoms with van der Waals surface area (Å²) in [6, 6.07) is 10.0. The van der Waals surface area contributed by atoms with Crippen LogP contribution in [-0.2, 0) is 5.88 Å². The SMILES string of the molecule is Cc1ccc(C(C)C)c(Oc2cc(CCl)ccn2)c1. The van der Waals surface area contributed by atoms with E-state index < -0.39 is 0 Å². The van der Waals surface area contributed by atoms with E-state index in [-0.39, 0.29) is 0 Å². The van der Waals surface area contributed by atoms with Crippen molar-refractivity contribution in [2.24, 2.45) is 0 Å². The van der Waals surface area contributed by atoms with E-state index in [0.717, 1.165) is 11.3 Å². The Kier molecular flexibility index (Phi) is 4.43. The molecule has 0 amide bonds. The summed E-state index contributed by atoms with van der Waals surface area (Å²) in [5, 5.41) is 0. The molecule has 2 rings (SSSR count). The second-order valence-electron chi connectivity index (χ2n) is 4.93. The first-order valence-electron chi connectivity index (χ1n) is 6.39. The van der Waals surface area contributed by atoms with Crippen LogP contribution in [0.2, 0.25) is 0 Å². The van der Waals surface area contributed by atoms with E-state index in [2.05, 4.69) is 37.9 Å². The number of hydrogen-bond donors (Lipinski definition) is 0. The molecule has 0 aliphatic heterocycles. The number of ether oxygens (including phenoxy) is 1. The second kappa shape index (κ2) is 6.07. The highest BCUT2D eigenvalue weighted by atomic mass is 35.5. The molecular formula is C16H18ClNO. The lowest BCUT2D eigenvalue weighted by molar-refractivity contribution is 0.453. The lowest BCUT2D eigenvalue weighted by Gasteiger charge is -2.14. The number of benzene rings is 1. The van der Waals surface area contributed by atoms with Gasteiger partial charge in [-0.3, -0.25) is 0 Å². The topological polar surface area (TPSA) is 22.1 Å². The molecule has 0 aliphatic rings. The molecule has 3 heteroatoms. The summed E-state index contributed by atoms with van der Waals surface area (Å²) < 4.78 is 5.92. The van der Waals surface area contributed by atoms with Gasteiger partial charge in [0.15, 0.2) is 0 Å². The fourth-order valence-electron chi connectivity index (χ4n) is 1.91. The molecule has 100 valence electrons. The minimum atomic E-state index is 0.409. The molecule has 0 saturated heterocycles. The minimum absolute atomic E-state index is 0.409. The predicted octanol–water partition coefficient (Wildman–Crippen LogP) is 5.04. The molecule has 0 atom stereocenters. The molecule has 1 aromatic carbocycles. The van der Waals surface area contributed by atoms with Gasteiger partial charge in [-0.1, -0.05) is 26.0 Å². The van der Waals surface area contributed by atoms with Crippen molar-refractivity contribution >= 4 is 11.6 Å². The molecular weight excluding hydrogens is 258 g/mol. The van der Waals surface area contributed by atoms with Crippen molar-refractivity contribution in [3.63, 3.8) is 0 Å².